The molecule has 0 aliphatic carbocycles. The second kappa shape index (κ2) is 8.75. The van der Waals surface area contributed by atoms with E-state index in [1.54, 1.807) is 36.1 Å². The van der Waals surface area contributed by atoms with Crippen molar-refractivity contribution in [2.24, 2.45) is 7.05 Å². The molecule has 0 atom stereocenters. The topological polar surface area (TPSA) is 122 Å². The highest BCUT2D eigenvalue weighted by molar-refractivity contribution is 6.10. The van der Waals surface area contributed by atoms with Gasteiger partial charge in [-0.15, -0.1) is 0 Å². The van der Waals surface area contributed by atoms with Gasteiger partial charge >= 0.3 is 6.18 Å². The second-order valence-electron chi connectivity index (χ2n) is 8.35. The molecule has 1 aliphatic rings. The van der Waals surface area contributed by atoms with Crippen LogP contribution in [-0.4, -0.2) is 61.2 Å². The van der Waals surface area contributed by atoms with Crippen LogP contribution in [0.15, 0.2) is 42.7 Å². The van der Waals surface area contributed by atoms with E-state index in [0.29, 0.717) is 40.4 Å². The minimum absolute atomic E-state index is 0.0286. The molecule has 10 nitrogen and oxygen atoms in total. The summed E-state index contributed by atoms with van der Waals surface area (Å²) in [6.07, 6.45) is -2.23. The lowest BCUT2D eigenvalue weighted by atomic mass is 10.1. The van der Waals surface area contributed by atoms with Crippen molar-refractivity contribution < 1.29 is 22.8 Å². The number of nitrogens with one attached hydrogen (secondary N) is 1. The van der Waals surface area contributed by atoms with E-state index in [2.05, 4.69) is 20.4 Å². The number of halogens is 3. The number of nitrogens with zero attached hydrogens (tertiary/aromatic N) is 6. The highest BCUT2D eigenvalue weighted by Gasteiger charge is 2.32. The molecule has 4 aromatic rings. The fraction of sp³-hybridized carbons (Fsp3) is 0.261. The van der Waals surface area contributed by atoms with Crippen LogP contribution in [-0.2, 0) is 24.6 Å². The van der Waals surface area contributed by atoms with Crippen molar-refractivity contribution in [2.75, 3.05) is 25.4 Å². The van der Waals surface area contributed by atoms with Crippen LogP contribution >= 0.6 is 0 Å². The Balaban J connectivity index is 1.55. The zero-order valence-corrected chi connectivity index (χ0v) is 19.1. The Morgan fingerprint density at radius 2 is 2.00 bits per heavy atom. The molecule has 4 heterocycles. The Morgan fingerprint density at radius 1 is 1.19 bits per heavy atom. The maximum atomic E-state index is 13.7. The van der Waals surface area contributed by atoms with Crippen LogP contribution in [0, 0.1) is 0 Å². The van der Waals surface area contributed by atoms with E-state index in [1.807, 2.05) is 0 Å². The lowest BCUT2D eigenvalue weighted by Gasteiger charge is -2.37. The second-order valence-corrected chi connectivity index (χ2v) is 8.35. The lowest BCUT2D eigenvalue weighted by molar-refractivity contribution is -0.147. The first kappa shape index (κ1) is 23.5. The number of hydrogen-bond donors (Lipinski definition) is 2. The van der Waals surface area contributed by atoms with Crippen molar-refractivity contribution in [2.45, 2.75) is 12.7 Å². The zero-order chi connectivity index (χ0) is 25.6. The highest BCUT2D eigenvalue weighted by Crippen LogP contribution is 2.30. The number of alkyl halides is 3. The number of aromatic nitrogens is 4. The van der Waals surface area contributed by atoms with Crippen molar-refractivity contribution in [1.29, 1.82) is 0 Å². The molecule has 5 rings (SSSR count). The third kappa shape index (κ3) is 4.17. The summed E-state index contributed by atoms with van der Waals surface area (Å²) in [6.45, 7) is 0.498. The highest BCUT2D eigenvalue weighted by atomic mass is 19.4. The van der Waals surface area contributed by atoms with Crippen molar-refractivity contribution in [3.63, 3.8) is 0 Å². The molecule has 3 N–H and O–H groups in total. The summed E-state index contributed by atoms with van der Waals surface area (Å²) >= 11 is 0. The van der Waals surface area contributed by atoms with Crippen LogP contribution in [0.5, 0.6) is 0 Å². The number of carbonyl (C=O) groups excluding carboxylic acids is 2. The van der Waals surface area contributed by atoms with E-state index in [1.165, 1.54) is 16.1 Å². The number of aryl methyl sites for hydroxylation is 1. The van der Waals surface area contributed by atoms with E-state index >= 15 is 0 Å². The number of rotatable bonds is 4. The number of hydrogen-bond acceptors (Lipinski definition) is 7. The molecule has 2 amide bonds. The summed E-state index contributed by atoms with van der Waals surface area (Å²) < 4.78 is 40.5. The summed E-state index contributed by atoms with van der Waals surface area (Å²) in [7, 11) is 1.75. The molecule has 0 spiro atoms. The number of carbonyl (C=O) groups is 2. The molecular weight excluding hydrogens is 477 g/mol. The molecule has 0 radical (unpaired) electrons. The first-order valence-electron chi connectivity index (χ1n) is 11.0. The van der Waals surface area contributed by atoms with Gasteiger partial charge in [0.25, 0.3) is 11.8 Å². The van der Waals surface area contributed by atoms with Crippen molar-refractivity contribution in [3.05, 3.63) is 59.5 Å². The maximum Gasteiger partial charge on any atom is 0.417 e. The van der Waals surface area contributed by atoms with Gasteiger partial charge in [0.2, 0.25) is 0 Å². The van der Waals surface area contributed by atoms with Gasteiger partial charge in [0.05, 0.1) is 53.5 Å². The molecule has 36 heavy (non-hydrogen) atoms. The fourth-order valence-corrected chi connectivity index (χ4v) is 4.20. The predicted octanol–water partition coefficient (Wildman–Crippen LogP) is 2.11. The van der Waals surface area contributed by atoms with Crippen LogP contribution < -0.4 is 11.1 Å². The number of nitrogen functional groups attached to an aromatic ring is 1. The van der Waals surface area contributed by atoms with Gasteiger partial charge in [-0.05, 0) is 30.3 Å². The van der Waals surface area contributed by atoms with Crippen LogP contribution in [0.1, 0.15) is 21.6 Å². The number of pyridine rings is 2. The van der Waals surface area contributed by atoms with Gasteiger partial charge < -0.3 is 11.1 Å². The van der Waals surface area contributed by atoms with Gasteiger partial charge in [0.1, 0.15) is 5.82 Å². The van der Waals surface area contributed by atoms with Crippen molar-refractivity contribution >= 4 is 39.4 Å². The number of anilines is 1. The number of hydrazine groups is 1. The van der Waals surface area contributed by atoms with Crippen LogP contribution in [0.4, 0.5) is 19.0 Å². The van der Waals surface area contributed by atoms with E-state index in [-0.39, 0.29) is 36.8 Å². The quantitative estimate of drug-likeness (QED) is 0.442. The van der Waals surface area contributed by atoms with Crippen LogP contribution in [0.2, 0.25) is 0 Å². The van der Waals surface area contributed by atoms with Gasteiger partial charge in [-0.3, -0.25) is 19.3 Å². The molecule has 1 aromatic carbocycles. The number of benzene rings is 1. The molecule has 1 saturated heterocycles. The average molecular weight is 498 g/mol. The molecule has 3 aromatic heterocycles. The first-order valence-corrected chi connectivity index (χ1v) is 11.0. The molecule has 0 saturated carbocycles. The average Bonchev–Trinajstić information content (AvgIpc) is 3.25. The molecule has 0 bridgehead atoms. The number of nitrogens with two attached hydrogens (primary N) is 1. The summed E-state index contributed by atoms with van der Waals surface area (Å²) in [4.78, 5) is 34.6. The van der Waals surface area contributed by atoms with Gasteiger partial charge in [0, 0.05) is 30.7 Å². The van der Waals surface area contributed by atoms with Crippen molar-refractivity contribution in [3.8, 4) is 0 Å². The smallest absolute Gasteiger partial charge is 0.383 e. The SMILES string of the molecule is Cn1ncc2c(N)nc3ccc(C(=O)N(Cc4ccc(C(F)(F)F)cn4)N4CCNCC4=O)cc3c21. The van der Waals surface area contributed by atoms with E-state index in [9.17, 15) is 22.8 Å². The standard InChI is InChI=1S/C23H21F3N8O2/c1-32-20-16-8-13(2-5-18(16)31-21(27)17(20)10-30-32)22(36)34(33-7-6-28-11-19(33)35)12-15-4-3-14(9-29-15)23(24,25)26/h2-5,8-10,28H,6-7,11-12H2,1H3,(H2,27,31). The Kier molecular flexibility index (Phi) is 5.71. The van der Waals surface area contributed by atoms with E-state index in [0.717, 1.165) is 6.07 Å². The lowest BCUT2D eigenvalue weighted by Crippen LogP contribution is -2.57. The van der Waals surface area contributed by atoms with Gasteiger partial charge in [-0.25, -0.2) is 15.0 Å². The third-order valence-electron chi connectivity index (χ3n) is 6.01. The van der Waals surface area contributed by atoms with Crippen LogP contribution in [0.25, 0.3) is 21.8 Å². The molecule has 0 unspecified atom stereocenters. The third-order valence-corrected chi connectivity index (χ3v) is 6.01. The molecule has 13 heteroatoms. The maximum absolute atomic E-state index is 13.7. The number of fused-ring (bicyclic) bond motifs is 3. The molecule has 186 valence electrons. The van der Waals surface area contributed by atoms with Crippen LogP contribution in [0.3, 0.4) is 0 Å². The summed E-state index contributed by atoms with van der Waals surface area (Å²) in [6, 6.07) is 6.96. The fourth-order valence-electron chi connectivity index (χ4n) is 4.20. The largest absolute Gasteiger partial charge is 0.417 e. The Bertz CT molecular complexity index is 1480. The monoisotopic (exact) mass is 498 g/mol. The normalized spacial score (nSPS) is 14.6. The number of piperazine rings is 1. The van der Waals surface area contributed by atoms with Crippen molar-refractivity contribution in [1.82, 2.24) is 35.1 Å². The molecule has 1 fully saturated rings. The summed E-state index contributed by atoms with van der Waals surface area (Å²) in [5.41, 5.74) is 6.87. The minimum Gasteiger partial charge on any atom is -0.383 e. The Labute approximate surface area is 202 Å². The Hall–Kier alpha value is -4.26. The van der Waals surface area contributed by atoms with E-state index in [4.69, 9.17) is 5.73 Å². The summed E-state index contributed by atoms with van der Waals surface area (Å²) in [5.74, 6) is -0.544. The zero-order valence-electron chi connectivity index (χ0n) is 19.1. The first-order chi connectivity index (χ1) is 17.1. The van der Waals surface area contributed by atoms with Gasteiger partial charge in [0.15, 0.2) is 0 Å². The summed E-state index contributed by atoms with van der Waals surface area (Å²) in [5, 5.41) is 11.0. The van der Waals surface area contributed by atoms with Gasteiger partial charge in [-0.1, -0.05) is 0 Å². The molecular formula is C23H21F3N8O2. The predicted molar refractivity (Wildman–Crippen MR) is 124 cm³/mol. The van der Waals surface area contributed by atoms with Gasteiger partial charge in [-0.2, -0.15) is 18.3 Å². The minimum atomic E-state index is -4.53. The number of amides is 2. The molecule has 1 aliphatic heterocycles. The Morgan fingerprint density at radius 3 is 2.69 bits per heavy atom. The van der Waals surface area contributed by atoms with E-state index < -0.39 is 17.6 Å².